The Hall–Kier alpha value is -0.120. The second-order valence-electron chi connectivity index (χ2n) is 3.83. The zero-order chi connectivity index (χ0) is 8.39. The molecular weight excluding hydrogens is 152 g/mol. The minimum atomic E-state index is 0.579. The average Bonchev–Trinajstić information content (AvgIpc) is 2.90. The number of rotatable bonds is 3. The molecule has 2 saturated heterocycles. The summed E-state index contributed by atoms with van der Waals surface area (Å²) in [5.41, 5.74) is 0. The van der Waals surface area contributed by atoms with Gasteiger partial charge in [0.15, 0.2) is 0 Å². The maximum absolute atomic E-state index is 5.23. The Morgan fingerprint density at radius 2 is 2.17 bits per heavy atom. The van der Waals surface area contributed by atoms with Crippen molar-refractivity contribution in [2.45, 2.75) is 25.5 Å². The third-order valence-corrected chi connectivity index (χ3v) is 2.78. The standard InChI is InChI=1S/C9H18N2O/c1-8(6-9-7-12-9)11-4-2-10-3-5-11/h8-10H,2-7H2,1H3. The SMILES string of the molecule is CC(CC1CO1)N1CCNCC1. The fraction of sp³-hybridized carbons (Fsp3) is 1.00. The van der Waals surface area contributed by atoms with Gasteiger partial charge in [0, 0.05) is 32.2 Å². The molecule has 0 spiro atoms. The molecule has 12 heavy (non-hydrogen) atoms. The Balaban J connectivity index is 1.72. The number of piperazine rings is 1. The van der Waals surface area contributed by atoms with Gasteiger partial charge in [0.25, 0.3) is 0 Å². The molecule has 0 saturated carbocycles. The monoisotopic (exact) mass is 170 g/mol. The predicted molar refractivity (Wildman–Crippen MR) is 48.3 cm³/mol. The first kappa shape index (κ1) is 8.48. The molecule has 0 aromatic carbocycles. The van der Waals surface area contributed by atoms with Gasteiger partial charge >= 0.3 is 0 Å². The fourth-order valence-corrected chi connectivity index (χ4v) is 1.86. The van der Waals surface area contributed by atoms with Gasteiger partial charge in [-0.1, -0.05) is 0 Å². The fourth-order valence-electron chi connectivity index (χ4n) is 1.86. The van der Waals surface area contributed by atoms with Crippen LogP contribution in [0.3, 0.4) is 0 Å². The van der Waals surface area contributed by atoms with Crippen molar-refractivity contribution in [3.8, 4) is 0 Å². The highest BCUT2D eigenvalue weighted by atomic mass is 16.6. The smallest absolute Gasteiger partial charge is 0.0824 e. The Morgan fingerprint density at radius 1 is 1.50 bits per heavy atom. The van der Waals surface area contributed by atoms with Crippen LogP contribution in [0.15, 0.2) is 0 Å². The molecule has 0 amide bonds. The van der Waals surface area contributed by atoms with Gasteiger partial charge in [-0.2, -0.15) is 0 Å². The van der Waals surface area contributed by atoms with E-state index in [0.29, 0.717) is 12.1 Å². The summed E-state index contributed by atoms with van der Waals surface area (Å²) in [5.74, 6) is 0. The molecule has 2 unspecified atom stereocenters. The van der Waals surface area contributed by atoms with Crippen LogP contribution in [0, 0.1) is 0 Å². The van der Waals surface area contributed by atoms with E-state index in [9.17, 15) is 0 Å². The molecule has 0 bridgehead atoms. The van der Waals surface area contributed by atoms with Crippen molar-refractivity contribution in [1.29, 1.82) is 0 Å². The first-order chi connectivity index (χ1) is 5.86. The molecule has 2 rings (SSSR count). The van der Waals surface area contributed by atoms with Crippen LogP contribution < -0.4 is 5.32 Å². The Morgan fingerprint density at radius 3 is 2.75 bits per heavy atom. The minimum Gasteiger partial charge on any atom is -0.373 e. The summed E-state index contributed by atoms with van der Waals surface area (Å²) in [6.07, 6.45) is 1.80. The Bertz CT molecular complexity index is 141. The Kier molecular flexibility index (Phi) is 2.63. The van der Waals surface area contributed by atoms with Crippen LogP contribution >= 0.6 is 0 Å². The van der Waals surface area contributed by atoms with Gasteiger partial charge in [-0.15, -0.1) is 0 Å². The molecule has 0 aromatic heterocycles. The van der Waals surface area contributed by atoms with E-state index >= 15 is 0 Å². The maximum Gasteiger partial charge on any atom is 0.0824 e. The lowest BCUT2D eigenvalue weighted by molar-refractivity contribution is 0.167. The van der Waals surface area contributed by atoms with E-state index in [4.69, 9.17) is 4.74 Å². The van der Waals surface area contributed by atoms with Crippen molar-refractivity contribution in [1.82, 2.24) is 10.2 Å². The zero-order valence-electron chi connectivity index (χ0n) is 7.75. The average molecular weight is 170 g/mol. The summed E-state index contributed by atoms with van der Waals surface area (Å²) in [7, 11) is 0. The van der Waals surface area contributed by atoms with Crippen molar-refractivity contribution in [3.05, 3.63) is 0 Å². The van der Waals surface area contributed by atoms with E-state index in [1.807, 2.05) is 0 Å². The van der Waals surface area contributed by atoms with Crippen LogP contribution in [-0.2, 0) is 4.74 Å². The number of hydrogen-bond donors (Lipinski definition) is 1. The lowest BCUT2D eigenvalue weighted by atomic mass is 10.1. The summed E-state index contributed by atoms with van der Waals surface area (Å²) >= 11 is 0. The number of nitrogens with zero attached hydrogens (tertiary/aromatic N) is 1. The second kappa shape index (κ2) is 3.73. The molecule has 2 aliphatic heterocycles. The first-order valence-corrected chi connectivity index (χ1v) is 4.92. The molecule has 3 nitrogen and oxygen atoms in total. The van der Waals surface area contributed by atoms with Gasteiger partial charge in [-0.3, -0.25) is 4.90 Å². The predicted octanol–water partition coefficient (Wildman–Crippen LogP) is 0.0690. The highest BCUT2D eigenvalue weighted by Gasteiger charge is 2.27. The topological polar surface area (TPSA) is 27.8 Å². The molecule has 2 atom stereocenters. The van der Waals surface area contributed by atoms with E-state index < -0.39 is 0 Å². The lowest BCUT2D eigenvalue weighted by Gasteiger charge is -2.32. The second-order valence-corrected chi connectivity index (χ2v) is 3.83. The number of epoxide rings is 1. The molecular formula is C9H18N2O. The molecule has 70 valence electrons. The summed E-state index contributed by atoms with van der Waals surface area (Å²) in [6, 6.07) is 0.708. The molecule has 2 fully saturated rings. The zero-order valence-corrected chi connectivity index (χ0v) is 7.75. The van der Waals surface area contributed by atoms with E-state index in [-0.39, 0.29) is 0 Å². The van der Waals surface area contributed by atoms with Crippen LogP contribution in [0.4, 0.5) is 0 Å². The van der Waals surface area contributed by atoms with Gasteiger partial charge < -0.3 is 10.1 Å². The number of ether oxygens (including phenoxy) is 1. The molecule has 0 aromatic rings. The van der Waals surface area contributed by atoms with Gasteiger partial charge in [0.05, 0.1) is 12.7 Å². The van der Waals surface area contributed by atoms with E-state index in [0.717, 1.165) is 19.7 Å². The summed E-state index contributed by atoms with van der Waals surface area (Å²) in [4.78, 5) is 2.55. The van der Waals surface area contributed by atoms with Gasteiger partial charge in [-0.25, -0.2) is 0 Å². The van der Waals surface area contributed by atoms with E-state index in [1.165, 1.54) is 19.5 Å². The lowest BCUT2D eigenvalue weighted by Crippen LogP contribution is -2.47. The van der Waals surface area contributed by atoms with Gasteiger partial charge in [-0.05, 0) is 13.3 Å². The molecule has 0 aliphatic carbocycles. The van der Waals surface area contributed by atoms with Crippen LogP contribution in [0.25, 0.3) is 0 Å². The summed E-state index contributed by atoms with van der Waals surface area (Å²) < 4.78 is 5.23. The van der Waals surface area contributed by atoms with Crippen molar-refractivity contribution < 1.29 is 4.74 Å². The normalized spacial score (nSPS) is 33.2. The first-order valence-electron chi connectivity index (χ1n) is 4.92. The van der Waals surface area contributed by atoms with E-state index in [1.54, 1.807) is 0 Å². The third kappa shape index (κ3) is 2.19. The minimum absolute atomic E-state index is 0.579. The quantitative estimate of drug-likeness (QED) is 0.607. The van der Waals surface area contributed by atoms with Crippen LogP contribution in [0.1, 0.15) is 13.3 Å². The molecule has 1 N–H and O–H groups in total. The van der Waals surface area contributed by atoms with Crippen molar-refractivity contribution in [2.24, 2.45) is 0 Å². The van der Waals surface area contributed by atoms with Crippen molar-refractivity contribution in [2.75, 3.05) is 32.8 Å². The highest BCUT2D eigenvalue weighted by molar-refractivity contribution is 4.80. The largest absolute Gasteiger partial charge is 0.373 e. The third-order valence-electron chi connectivity index (χ3n) is 2.78. The highest BCUT2D eigenvalue weighted by Crippen LogP contribution is 2.18. The maximum atomic E-state index is 5.23. The van der Waals surface area contributed by atoms with Crippen molar-refractivity contribution in [3.63, 3.8) is 0 Å². The number of nitrogens with one attached hydrogen (secondary N) is 1. The van der Waals surface area contributed by atoms with E-state index in [2.05, 4.69) is 17.1 Å². The number of hydrogen-bond acceptors (Lipinski definition) is 3. The Labute approximate surface area is 74.1 Å². The van der Waals surface area contributed by atoms with Gasteiger partial charge in [0.2, 0.25) is 0 Å². The molecule has 2 heterocycles. The van der Waals surface area contributed by atoms with Crippen molar-refractivity contribution >= 4 is 0 Å². The van der Waals surface area contributed by atoms with Crippen LogP contribution in [0.2, 0.25) is 0 Å². The molecule has 0 radical (unpaired) electrons. The van der Waals surface area contributed by atoms with Crippen LogP contribution in [-0.4, -0.2) is 49.8 Å². The summed E-state index contributed by atoms with van der Waals surface area (Å²) in [6.45, 7) is 8.01. The molecule has 2 aliphatic rings. The van der Waals surface area contributed by atoms with Gasteiger partial charge in [0.1, 0.15) is 0 Å². The molecule has 3 heteroatoms. The summed E-state index contributed by atoms with van der Waals surface area (Å²) in [5, 5.41) is 3.37. The van der Waals surface area contributed by atoms with Crippen LogP contribution in [0.5, 0.6) is 0 Å².